The van der Waals surface area contributed by atoms with E-state index in [4.69, 9.17) is 5.73 Å². The van der Waals surface area contributed by atoms with E-state index in [2.05, 4.69) is 4.90 Å². The highest BCUT2D eigenvalue weighted by atomic mass is 16.3. The van der Waals surface area contributed by atoms with Gasteiger partial charge in [-0.05, 0) is 45.1 Å². The van der Waals surface area contributed by atoms with Crippen LogP contribution in [0.2, 0.25) is 0 Å². The van der Waals surface area contributed by atoms with E-state index < -0.39 is 5.60 Å². The van der Waals surface area contributed by atoms with Crippen molar-refractivity contribution >= 4 is 0 Å². The van der Waals surface area contributed by atoms with Crippen molar-refractivity contribution in [2.45, 2.75) is 50.7 Å². The standard InChI is InChI=1S/C12H24N2O/c1-12(15)6-3-7-14(9-12)8-10-4-2-5-11(10)13/h10-11,15H,2-9,13H2,1H3. The van der Waals surface area contributed by atoms with Gasteiger partial charge >= 0.3 is 0 Å². The van der Waals surface area contributed by atoms with Crippen LogP contribution < -0.4 is 5.73 Å². The van der Waals surface area contributed by atoms with E-state index in [1.807, 2.05) is 6.92 Å². The molecule has 0 aromatic carbocycles. The van der Waals surface area contributed by atoms with E-state index in [1.54, 1.807) is 0 Å². The van der Waals surface area contributed by atoms with Crippen LogP contribution in [0.3, 0.4) is 0 Å². The van der Waals surface area contributed by atoms with Gasteiger partial charge in [-0.2, -0.15) is 0 Å². The van der Waals surface area contributed by atoms with E-state index in [0.29, 0.717) is 12.0 Å². The van der Waals surface area contributed by atoms with Crippen molar-refractivity contribution in [2.24, 2.45) is 11.7 Å². The Morgan fingerprint density at radius 1 is 1.40 bits per heavy atom. The molecule has 0 aromatic rings. The molecule has 1 saturated heterocycles. The lowest BCUT2D eigenvalue weighted by molar-refractivity contribution is -0.0201. The second kappa shape index (κ2) is 4.40. The lowest BCUT2D eigenvalue weighted by atomic mass is 9.93. The summed E-state index contributed by atoms with van der Waals surface area (Å²) in [5.74, 6) is 0.666. The highest BCUT2D eigenvalue weighted by Gasteiger charge is 2.32. The Morgan fingerprint density at radius 3 is 2.80 bits per heavy atom. The van der Waals surface area contributed by atoms with Crippen molar-refractivity contribution in [1.29, 1.82) is 0 Å². The summed E-state index contributed by atoms with van der Waals surface area (Å²) >= 11 is 0. The SMILES string of the molecule is CC1(O)CCCN(CC2CCCC2N)C1. The van der Waals surface area contributed by atoms with Gasteiger partial charge in [0.05, 0.1) is 5.60 Å². The number of nitrogens with zero attached hydrogens (tertiary/aromatic N) is 1. The predicted octanol–water partition coefficient (Wildman–Crippen LogP) is 0.961. The molecule has 3 atom stereocenters. The fourth-order valence-corrected chi connectivity index (χ4v) is 3.10. The minimum absolute atomic E-state index is 0.400. The maximum Gasteiger partial charge on any atom is 0.0746 e. The second-order valence-electron chi connectivity index (χ2n) is 5.69. The first-order valence-electron chi connectivity index (χ1n) is 6.27. The molecule has 0 bridgehead atoms. The third-order valence-corrected chi connectivity index (χ3v) is 3.96. The van der Waals surface area contributed by atoms with Gasteiger partial charge in [0, 0.05) is 19.1 Å². The summed E-state index contributed by atoms with van der Waals surface area (Å²) in [5, 5.41) is 10.0. The molecule has 1 heterocycles. The van der Waals surface area contributed by atoms with Crippen LogP contribution in [-0.4, -0.2) is 41.3 Å². The number of nitrogens with two attached hydrogens (primary N) is 1. The van der Waals surface area contributed by atoms with Crippen LogP contribution in [0.25, 0.3) is 0 Å². The van der Waals surface area contributed by atoms with Crippen LogP contribution >= 0.6 is 0 Å². The Kier molecular flexibility index (Phi) is 3.33. The number of β-amino-alcohol motifs (C(OH)–C–C–N with tert-alkyl or cyclic N) is 1. The van der Waals surface area contributed by atoms with Gasteiger partial charge in [-0.25, -0.2) is 0 Å². The lowest BCUT2D eigenvalue weighted by Gasteiger charge is -2.38. The highest BCUT2D eigenvalue weighted by Crippen LogP contribution is 2.27. The number of rotatable bonds is 2. The van der Waals surface area contributed by atoms with E-state index in [0.717, 1.165) is 32.5 Å². The zero-order valence-electron chi connectivity index (χ0n) is 9.78. The van der Waals surface area contributed by atoms with E-state index in [1.165, 1.54) is 19.3 Å². The van der Waals surface area contributed by atoms with E-state index >= 15 is 0 Å². The molecule has 1 aliphatic carbocycles. The Morgan fingerprint density at radius 2 is 2.20 bits per heavy atom. The fraction of sp³-hybridized carbons (Fsp3) is 1.00. The molecule has 3 unspecified atom stereocenters. The fourth-order valence-electron chi connectivity index (χ4n) is 3.10. The summed E-state index contributed by atoms with van der Waals surface area (Å²) in [6.07, 6.45) is 5.82. The molecular weight excluding hydrogens is 188 g/mol. The van der Waals surface area contributed by atoms with Crippen molar-refractivity contribution in [3.8, 4) is 0 Å². The molecule has 0 amide bonds. The van der Waals surface area contributed by atoms with Gasteiger partial charge in [0.15, 0.2) is 0 Å². The summed E-state index contributed by atoms with van der Waals surface area (Å²) in [5.41, 5.74) is 5.60. The van der Waals surface area contributed by atoms with Gasteiger partial charge < -0.3 is 15.7 Å². The molecule has 3 N–H and O–H groups in total. The quantitative estimate of drug-likeness (QED) is 0.717. The van der Waals surface area contributed by atoms with Crippen molar-refractivity contribution in [3.05, 3.63) is 0 Å². The summed E-state index contributed by atoms with van der Waals surface area (Å²) < 4.78 is 0. The molecule has 88 valence electrons. The molecule has 0 radical (unpaired) electrons. The molecule has 1 aliphatic heterocycles. The number of likely N-dealkylation sites (tertiary alicyclic amines) is 1. The van der Waals surface area contributed by atoms with Gasteiger partial charge in [0.2, 0.25) is 0 Å². The Balaban J connectivity index is 1.83. The maximum atomic E-state index is 10.0. The van der Waals surface area contributed by atoms with Gasteiger partial charge in [0.25, 0.3) is 0 Å². The van der Waals surface area contributed by atoms with Crippen molar-refractivity contribution in [2.75, 3.05) is 19.6 Å². The molecule has 3 heteroatoms. The van der Waals surface area contributed by atoms with Crippen LogP contribution in [-0.2, 0) is 0 Å². The first-order chi connectivity index (χ1) is 7.07. The molecule has 0 aromatic heterocycles. The number of piperidine rings is 1. The van der Waals surface area contributed by atoms with Crippen molar-refractivity contribution < 1.29 is 5.11 Å². The zero-order valence-corrected chi connectivity index (χ0v) is 9.78. The van der Waals surface area contributed by atoms with Gasteiger partial charge in [0.1, 0.15) is 0 Å². The topological polar surface area (TPSA) is 49.5 Å². The van der Waals surface area contributed by atoms with Gasteiger partial charge in [-0.15, -0.1) is 0 Å². The zero-order chi connectivity index (χ0) is 10.9. The molecule has 2 aliphatic rings. The third kappa shape index (κ3) is 2.92. The smallest absolute Gasteiger partial charge is 0.0746 e. The average Bonchev–Trinajstić information content (AvgIpc) is 2.50. The molecule has 2 fully saturated rings. The Bertz CT molecular complexity index is 218. The van der Waals surface area contributed by atoms with Crippen molar-refractivity contribution in [3.63, 3.8) is 0 Å². The molecule has 15 heavy (non-hydrogen) atoms. The molecule has 0 spiro atoms. The Hall–Kier alpha value is -0.120. The predicted molar refractivity (Wildman–Crippen MR) is 61.6 cm³/mol. The summed E-state index contributed by atoms with van der Waals surface area (Å²) in [7, 11) is 0. The Labute approximate surface area is 92.6 Å². The largest absolute Gasteiger partial charge is 0.389 e. The molecular formula is C12H24N2O. The summed E-state index contributed by atoms with van der Waals surface area (Å²) in [6.45, 7) is 5.01. The number of hydrogen-bond acceptors (Lipinski definition) is 3. The lowest BCUT2D eigenvalue weighted by Crippen LogP contribution is -2.48. The van der Waals surface area contributed by atoms with Crippen LogP contribution in [0.15, 0.2) is 0 Å². The maximum absolute atomic E-state index is 10.0. The van der Waals surface area contributed by atoms with Crippen LogP contribution in [0.5, 0.6) is 0 Å². The highest BCUT2D eigenvalue weighted by molar-refractivity contribution is 4.87. The van der Waals surface area contributed by atoms with Gasteiger partial charge in [-0.1, -0.05) is 6.42 Å². The minimum atomic E-state index is -0.471. The summed E-state index contributed by atoms with van der Waals surface area (Å²) in [4.78, 5) is 2.40. The molecule has 2 rings (SSSR count). The normalized spacial score (nSPS) is 43.4. The monoisotopic (exact) mass is 212 g/mol. The first-order valence-corrected chi connectivity index (χ1v) is 6.27. The van der Waals surface area contributed by atoms with E-state index in [9.17, 15) is 5.11 Å². The summed E-state index contributed by atoms with van der Waals surface area (Å²) in [6, 6.07) is 0.400. The van der Waals surface area contributed by atoms with Crippen LogP contribution in [0, 0.1) is 5.92 Å². The number of hydrogen-bond donors (Lipinski definition) is 2. The first kappa shape index (κ1) is 11.4. The van der Waals surface area contributed by atoms with Crippen molar-refractivity contribution in [1.82, 2.24) is 4.90 Å². The second-order valence-corrected chi connectivity index (χ2v) is 5.69. The van der Waals surface area contributed by atoms with E-state index in [-0.39, 0.29) is 0 Å². The minimum Gasteiger partial charge on any atom is -0.389 e. The average molecular weight is 212 g/mol. The number of aliphatic hydroxyl groups is 1. The molecule has 1 saturated carbocycles. The van der Waals surface area contributed by atoms with Crippen LogP contribution in [0.4, 0.5) is 0 Å². The van der Waals surface area contributed by atoms with Crippen LogP contribution in [0.1, 0.15) is 39.0 Å². The van der Waals surface area contributed by atoms with Gasteiger partial charge in [-0.3, -0.25) is 0 Å². The third-order valence-electron chi connectivity index (χ3n) is 3.96. The molecule has 3 nitrogen and oxygen atoms in total.